The maximum absolute atomic E-state index is 12.8. The van der Waals surface area contributed by atoms with E-state index in [1.54, 1.807) is 17.7 Å². The summed E-state index contributed by atoms with van der Waals surface area (Å²) in [5.41, 5.74) is 4.57. The second-order valence-corrected chi connectivity index (χ2v) is 10.1. The van der Waals surface area contributed by atoms with Crippen LogP contribution in [0.2, 0.25) is 0 Å². The van der Waals surface area contributed by atoms with Crippen LogP contribution < -0.4 is 5.32 Å². The van der Waals surface area contributed by atoms with Crippen LogP contribution in [0.15, 0.2) is 29.6 Å². The van der Waals surface area contributed by atoms with Gasteiger partial charge in [0.05, 0.1) is 5.25 Å². The van der Waals surface area contributed by atoms with Crippen LogP contribution in [0, 0.1) is 19.8 Å². The molecule has 0 spiro atoms. The number of fused-ring (bicyclic) bond motifs is 3. The number of hydrogen-bond acceptors (Lipinski definition) is 5. The number of thioether (sulfide) groups is 1. The van der Waals surface area contributed by atoms with E-state index in [1.807, 2.05) is 26.0 Å². The van der Waals surface area contributed by atoms with Crippen molar-refractivity contribution >= 4 is 44.9 Å². The van der Waals surface area contributed by atoms with Crippen molar-refractivity contribution < 1.29 is 4.79 Å². The predicted octanol–water partition coefficient (Wildman–Crippen LogP) is 5.55. The summed E-state index contributed by atoms with van der Waals surface area (Å²) in [6, 6.07) is 5.99. The molecule has 2 aromatic heterocycles. The molecular weight excluding hydrogens is 386 g/mol. The van der Waals surface area contributed by atoms with Crippen LogP contribution in [0.5, 0.6) is 0 Å². The molecular formula is C22H25N3OS2. The molecule has 6 heteroatoms. The topological polar surface area (TPSA) is 54.9 Å². The number of nitrogens with one attached hydrogen (secondary N) is 1. The van der Waals surface area contributed by atoms with Crippen molar-refractivity contribution in [3.05, 3.63) is 46.1 Å². The van der Waals surface area contributed by atoms with Crippen molar-refractivity contribution in [2.45, 2.75) is 57.2 Å². The molecule has 28 heavy (non-hydrogen) atoms. The number of rotatable bonds is 4. The average molecular weight is 412 g/mol. The van der Waals surface area contributed by atoms with Crippen LogP contribution in [-0.4, -0.2) is 21.1 Å². The fraction of sp³-hybridized carbons (Fsp3) is 0.409. The van der Waals surface area contributed by atoms with Gasteiger partial charge in [0.15, 0.2) is 0 Å². The van der Waals surface area contributed by atoms with Gasteiger partial charge in [0.1, 0.15) is 16.2 Å². The summed E-state index contributed by atoms with van der Waals surface area (Å²) in [6.07, 6.45) is 5.05. The lowest BCUT2D eigenvalue weighted by Crippen LogP contribution is -2.23. The molecule has 2 heterocycles. The van der Waals surface area contributed by atoms with E-state index in [-0.39, 0.29) is 11.2 Å². The molecule has 1 amide bonds. The minimum atomic E-state index is -0.240. The number of thiophene rings is 1. The molecule has 0 aliphatic heterocycles. The molecule has 4 rings (SSSR count). The van der Waals surface area contributed by atoms with Crippen molar-refractivity contribution in [3.8, 4) is 0 Å². The van der Waals surface area contributed by atoms with Crippen molar-refractivity contribution in [2.24, 2.45) is 5.92 Å². The van der Waals surface area contributed by atoms with Gasteiger partial charge in [0.2, 0.25) is 5.91 Å². The normalized spacial score (nSPS) is 17.4. The number of aryl methyl sites for hydroxylation is 2. The van der Waals surface area contributed by atoms with Gasteiger partial charge in [-0.15, -0.1) is 11.3 Å². The Bertz CT molecular complexity index is 1040. The number of benzene rings is 1. The van der Waals surface area contributed by atoms with Gasteiger partial charge in [-0.05, 0) is 68.7 Å². The third-order valence-corrected chi connectivity index (χ3v) is 7.84. The average Bonchev–Trinajstić information content (AvgIpc) is 3.03. The highest BCUT2D eigenvalue weighted by Gasteiger charge is 2.25. The summed E-state index contributed by atoms with van der Waals surface area (Å²) >= 11 is 3.33. The van der Waals surface area contributed by atoms with E-state index in [1.165, 1.54) is 39.6 Å². The zero-order chi connectivity index (χ0) is 19.8. The summed E-state index contributed by atoms with van der Waals surface area (Å²) in [5.74, 6) is 0.732. The predicted molar refractivity (Wildman–Crippen MR) is 118 cm³/mol. The Morgan fingerprint density at radius 3 is 2.96 bits per heavy atom. The number of amides is 1. The standard InChI is InChI=1S/C22H25N3OS2/c1-12-8-9-16-18(10-12)28-22-19(16)21(23-11-24-22)27-15(4)20(26)25-17-7-5-6-13(2)14(17)3/h5-7,11-12,15H,8-10H2,1-4H3,(H,25,26)/t12-,15+/m1/s1. The van der Waals surface area contributed by atoms with Crippen LogP contribution in [0.1, 0.15) is 41.8 Å². The third kappa shape index (κ3) is 3.67. The van der Waals surface area contributed by atoms with Crippen LogP contribution >= 0.6 is 23.1 Å². The molecule has 1 aliphatic rings. The van der Waals surface area contributed by atoms with Gasteiger partial charge in [-0.25, -0.2) is 9.97 Å². The summed E-state index contributed by atoms with van der Waals surface area (Å²) in [5, 5.41) is 4.94. The second-order valence-electron chi connectivity index (χ2n) is 7.71. The Morgan fingerprint density at radius 1 is 1.32 bits per heavy atom. The highest BCUT2D eigenvalue weighted by atomic mass is 32.2. The van der Waals surface area contributed by atoms with E-state index < -0.39 is 0 Å². The molecule has 0 unspecified atom stereocenters. The summed E-state index contributed by atoms with van der Waals surface area (Å²) in [7, 11) is 0. The summed E-state index contributed by atoms with van der Waals surface area (Å²) in [6.45, 7) is 8.35. The van der Waals surface area contributed by atoms with E-state index in [0.717, 1.165) is 39.9 Å². The number of aromatic nitrogens is 2. The number of carbonyl (C=O) groups excluding carboxylic acids is 1. The monoisotopic (exact) mass is 411 g/mol. The van der Waals surface area contributed by atoms with Gasteiger partial charge in [-0.2, -0.15) is 0 Å². The molecule has 2 atom stereocenters. The number of hydrogen-bond donors (Lipinski definition) is 1. The lowest BCUT2D eigenvalue weighted by Gasteiger charge is -2.18. The van der Waals surface area contributed by atoms with E-state index in [4.69, 9.17) is 0 Å². The fourth-order valence-electron chi connectivity index (χ4n) is 3.68. The molecule has 1 N–H and O–H groups in total. The van der Waals surface area contributed by atoms with Crippen LogP contribution in [0.3, 0.4) is 0 Å². The molecule has 0 bridgehead atoms. The number of anilines is 1. The first-order valence-corrected chi connectivity index (χ1v) is 11.4. The van der Waals surface area contributed by atoms with E-state index in [2.05, 4.69) is 35.2 Å². The lowest BCUT2D eigenvalue weighted by atomic mass is 9.89. The summed E-state index contributed by atoms with van der Waals surface area (Å²) < 4.78 is 0. The number of nitrogens with zero attached hydrogens (tertiary/aromatic N) is 2. The number of carbonyl (C=O) groups is 1. The SMILES string of the molecule is Cc1cccc(NC(=O)[C@H](C)Sc2ncnc3sc4c(c23)CC[C@@H](C)C4)c1C. The third-order valence-electron chi connectivity index (χ3n) is 5.58. The van der Waals surface area contributed by atoms with Crippen LogP contribution in [0.4, 0.5) is 5.69 Å². The maximum atomic E-state index is 12.8. The quantitative estimate of drug-likeness (QED) is 0.451. The lowest BCUT2D eigenvalue weighted by molar-refractivity contribution is -0.115. The van der Waals surface area contributed by atoms with Crippen molar-refractivity contribution in [2.75, 3.05) is 5.32 Å². The van der Waals surface area contributed by atoms with Gasteiger partial charge in [-0.3, -0.25) is 4.79 Å². The first kappa shape index (κ1) is 19.4. The van der Waals surface area contributed by atoms with Gasteiger partial charge in [-0.1, -0.05) is 30.8 Å². The molecule has 3 aromatic rings. The Kier molecular flexibility index (Phi) is 5.43. The van der Waals surface area contributed by atoms with Crippen molar-refractivity contribution in [1.82, 2.24) is 9.97 Å². The van der Waals surface area contributed by atoms with Gasteiger partial charge in [0, 0.05) is 16.0 Å². The Labute approximate surface area is 174 Å². The minimum Gasteiger partial charge on any atom is -0.325 e. The minimum absolute atomic E-state index is 0.00295. The Balaban J connectivity index is 1.57. The van der Waals surface area contributed by atoms with Gasteiger partial charge < -0.3 is 5.32 Å². The molecule has 1 aromatic carbocycles. The highest BCUT2D eigenvalue weighted by molar-refractivity contribution is 8.00. The van der Waals surface area contributed by atoms with Gasteiger partial charge >= 0.3 is 0 Å². The maximum Gasteiger partial charge on any atom is 0.237 e. The zero-order valence-electron chi connectivity index (χ0n) is 16.7. The smallest absolute Gasteiger partial charge is 0.237 e. The largest absolute Gasteiger partial charge is 0.325 e. The highest BCUT2D eigenvalue weighted by Crippen LogP contribution is 2.41. The molecule has 0 radical (unpaired) electrons. The van der Waals surface area contributed by atoms with E-state index >= 15 is 0 Å². The molecule has 0 saturated carbocycles. The summed E-state index contributed by atoms with van der Waals surface area (Å²) in [4.78, 5) is 24.4. The van der Waals surface area contributed by atoms with E-state index in [9.17, 15) is 4.79 Å². The van der Waals surface area contributed by atoms with Crippen molar-refractivity contribution in [3.63, 3.8) is 0 Å². The zero-order valence-corrected chi connectivity index (χ0v) is 18.3. The molecule has 4 nitrogen and oxygen atoms in total. The van der Waals surface area contributed by atoms with Crippen molar-refractivity contribution in [1.29, 1.82) is 0 Å². The molecule has 146 valence electrons. The van der Waals surface area contributed by atoms with Crippen LogP contribution in [0.25, 0.3) is 10.2 Å². The first-order chi connectivity index (χ1) is 13.4. The van der Waals surface area contributed by atoms with E-state index in [0.29, 0.717) is 0 Å². The molecule has 0 saturated heterocycles. The first-order valence-electron chi connectivity index (χ1n) is 9.73. The Hall–Kier alpha value is -1.92. The van der Waals surface area contributed by atoms with Crippen LogP contribution in [-0.2, 0) is 17.6 Å². The Morgan fingerprint density at radius 2 is 2.14 bits per heavy atom. The van der Waals surface area contributed by atoms with Gasteiger partial charge in [0.25, 0.3) is 0 Å². The molecule has 1 aliphatic carbocycles. The molecule has 0 fully saturated rings. The second kappa shape index (κ2) is 7.84. The fourth-order valence-corrected chi connectivity index (χ4v) is 6.04.